The Labute approximate surface area is 171 Å². The minimum Gasteiger partial charge on any atom is -0.343 e. The van der Waals surface area contributed by atoms with Gasteiger partial charge in [0, 0.05) is 18.7 Å². The molecule has 5 nitrogen and oxygen atoms in total. The molecular formula is C22H25FN2O3S. The van der Waals surface area contributed by atoms with Gasteiger partial charge in [-0.25, -0.2) is 12.8 Å². The van der Waals surface area contributed by atoms with Gasteiger partial charge in [-0.2, -0.15) is 4.31 Å². The van der Waals surface area contributed by atoms with Crippen LogP contribution in [0.1, 0.15) is 54.4 Å². The van der Waals surface area contributed by atoms with Gasteiger partial charge in [-0.3, -0.25) is 4.79 Å². The number of benzene rings is 2. The van der Waals surface area contributed by atoms with Gasteiger partial charge >= 0.3 is 0 Å². The molecule has 1 saturated carbocycles. The summed E-state index contributed by atoms with van der Waals surface area (Å²) in [5.74, 6) is -0.622. The standard InChI is InChI=1S/C22H25FN2O3S/c23-19-10-8-18(9-11-19)22(12-1-2-13-22)24-21(26)17-6-5-7-20(16-17)29(27,28)25-14-3-4-15-25/h5-11,16H,1-4,12-15H2,(H,24,26). The van der Waals surface area contributed by atoms with Crippen LogP contribution in [0.2, 0.25) is 0 Å². The zero-order chi connectivity index (χ0) is 20.5. The number of sulfonamides is 1. The molecule has 2 aromatic rings. The molecular weight excluding hydrogens is 391 g/mol. The van der Waals surface area contributed by atoms with Gasteiger partial charge in [0.25, 0.3) is 5.91 Å². The van der Waals surface area contributed by atoms with Crippen molar-refractivity contribution in [2.75, 3.05) is 13.1 Å². The fourth-order valence-corrected chi connectivity index (χ4v) is 5.96. The average molecular weight is 417 g/mol. The van der Waals surface area contributed by atoms with Crippen LogP contribution in [0, 0.1) is 5.82 Å². The van der Waals surface area contributed by atoms with Crippen molar-refractivity contribution in [1.29, 1.82) is 0 Å². The molecule has 7 heteroatoms. The van der Waals surface area contributed by atoms with Crippen molar-refractivity contribution in [2.24, 2.45) is 0 Å². The molecule has 2 aromatic carbocycles. The topological polar surface area (TPSA) is 66.5 Å². The first-order valence-electron chi connectivity index (χ1n) is 10.1. The number of nitrogens with one attached hydrogen (secondary N) is 1. The number of halogens is 1. The van der Waals surface area contributed by atoms with Crippen LogP contribution in [0.15, 0.2) is 53.4 Å². The number of carbonyl (C=O) groups is 1. The molecule has 1 N–H and O–H groups in total. The van der Waals surface area contributed by atoms with Gasteiger partial charge in [-0.05, 0) is 61.6 Å². The molecule has 0 aromatic heterocycles. The molecule has 1 aliphatic heterocycles. The lowest BCUT2D eigenvalue weighted by Crippen LogP contribution is -2.43. The van der Waals surface area contributed by atoms with Gasteiger partial charge < -0.3 is 5.32 Å². The Kier molecular flexibility index (Phi) is 5.44. The molecule has 1 aliphatic carbocycles. The summed E-state index contributed by atoms with van der Waals surface area (Å²) in [4.78, 5) is 13.2. The third-order valence-electron chi connectivity index (χ3n) is 6.01. The average Bonchev–Trinajstić information content (AvgIpc) is 3.42. The Balaban J connectivity index is 1.60. The largest absolute Gasteiger partial charge is 0.343 e. The normalized spacial score (nSPS) is 19.3. The summed E-state index contributed by atoms with van der Waals surface area (Å²) in [5, 5.41) is 3.12. The summed E-state index contributed by atoms with van der Waals surface area (Å²) in [7, 11) is -3.58. The molecule has 1 heterocycles. The highest BCUT2D eigenvalue weighted by Crippen LogP contribution is 2.39. The van der Waals surface area contributed by atoms with Gasteiger partial charge in [-0.1, -0.05) is 31.0 Å². The zero-order valence-electron chi connectivity index (χ0n) is 16.2. The third-order valence-corrected chi connectivity index (χ3v) is 7.90. The van der Waals surface area contributed by atoms with Crippen LogP contribution in [0.3, 0.4) is 0 Å². The van der Waals surface area contributed by atoms with Crippen molar-refractivity contribution in [1.82, 2.24) is 9.62 Å². The monoisotopic (exact) mass is 416 g/mol. The summed E-state index contributed by atoms with van der Waals surface area (Å²) < 4.78 is 40.5. The number of amides is 1. The second-order valence-corrected chi connectivity index (χ2v) is 9.83. The highest BCUT2D eigenvalue weighted by molar-refractivity contribution is 7.89. The summed E-state index contributed by atoms with van der Waals surface area (Å²) >= 11 is 0. The number of hydrogen-bond acceptors (Lipinski definition) is 3. The molecule has 2 fully saturated rings. The van der Waals surface area contributed by atoms with Crippen molar-refractivity contribution < 1.29 is 17.6 Å². The molecule has 154 valence electrons. The van der Waals surface area contributed by atoms with Crippen molar-refractivity contribution >= 4 is 15.9 Å². The molecule has 0 atom stereocenters. The highest BCUT2D eigenvalue weighted by Gasteiger charge is 2.37. The third kappa shape index (κ3) is 3.94. The molecule has 0 unspecified atom stereocenters. The van der Waals surface area contributed by atoms with E-state index in [0.29, 0.717) is 18.7 Å². The highest BCUT2D eigenvalue weighted by atomic mass is 32.2. The van der Waals surface area contributed by atoms with Crippen LogP contribution in [-0.2, 0) is 15.6 Å². The Bertz CT molecular complexity index is 993. The van der Waals surface area contributed by atoms with Crippen molar-refractivity contribution in [3.63, 3.8) is 0 Å². The van der Waals surface area contributed by atoms with E-state index in [2.05, 4.69) is 5.32 Å². The SMILES string of the molecule is O=C(NC1(c2ccc(F)cc2)CCCC1)c1cccc(S(=O)(=O)N2CCCC2)c1. The number of carbonyl (C=O) groups excluding carboxylic acids is 1. The van der Waals surface area contributed by atoms with E-state index in [1.165, 1.54) is 28.6 Å². The lowest BCUT2D eigenvalue weighted by molar-refractivity contribution is 0.0898. The molecule has 4 rings (SSSR count). The first-order valence-corrected chi connectivity index (χ1v) is 11.5. The zero-order valence-corrected chi connectivity index (χ0v) is 17.1. The maximum atomic E-state index is 13.4. The number of hydrogen-bond donors (Lipinski definition) is 1. The summed E-state index contributed by atoms with van der Waals surface area (Å²) in [6, 6.07) is 12.5. The van der Waals surface area contributed by atoms with Crippen molar-refractivity contribution in [2.45, 2.75) is 49.0 Å². The Morgan fingerprint density at radius 3 is 2.28 bits per heavy atom. The van der Waals surface area contributed by atoms with Crippen LogP contribution in [0.5, 0.6) is 0 Å². The predicted molar refractivity (Wildman–Crippen MR) is 108 cm³/mol. The first kappa shape index (κ1) is 20.0. The van der Waals surface area contributed by atoms with E-state index in [-0.39, 0.29) is 16.6 Å². The van der Waals surface area contributed by atoms with Crippen LogP contribution in [-0.4, -0.2) is 31.7 Å². The van der Waals surface area contributed by atoms with E-state index in [4.69, 9.17) is 0 Å². The summed E-state index contributed by atoms with van der Waals surface area (Å²) in [5.41, 5.74) is 0.651. The number of nitrogens with zero attached hydrogens (tertiary/aromatic N) is 1. The van der Waals surface area contributed by atoms with E-state index in [1.807, 2.05) is 0 Å². The molecule has 29 heavy (non-hydrogen) atoms. The Hall–Kier alpha value is -2.25. The molecule has 1 amide bonds. The first-order chi connectivity index (χ1) is 13.9. The van der Waals surface area contributed by atoms with E-state index in [9.17, 15) is 17.6 Å². The fourth-order valence-electron chi connectivity index (χ4n) is 4.40. The predicted octanol–water partition coefficient (Wildman–Crippen LogP) is 3.81. The van der Waals surface area contributed by atoms with Crippen molar-refractivity contribution in [3.05, 3.63) is 65.5 Å². The van der Waals surface area contributed by atoms with Gasteiger partial charge in [0.05, 0.1) is 10.4 Å². The molecule has 2 aliphatic rings. The smallest absolute Gasteiger partial charge is 0.252 e. The maximum Gasteiger partial charge on any atom is 0.252 e. The summed E-state index contributed by atoms with van der Waals surface area (Å²) in [6.45, 7) is 1.04. The van der Waals surface area contributed by atoms with E-state index < -0.39 is 15.6 Å². The van der Waals surface area contributed by atoms with Crippen LogP contribution in [0.4, 0.5) is 4.39 Å². The van der Waals surface area contributed by atoms with Crippen LogP contribution < -0.4 is 5.32 Å². The van der Waals surface area contributed by atoms with Crippen molar-refractivity contribution in [3.8, 4) is 0 Å². The maximum absolute atomic E-state index is 13.4. The van der Waals surface area contributed by atoms with Gasteiger partial charge in [0.1, 0.15) is 5.82 Å². The van der Waals surface area contributed by atoms with E-state index in [1.54, 1.807) is 24.3 Å². The second-order valence-electron chi connectivity index (χ2n) is 7.89. The minimum atomic E-state index is -3.58. The fraction of sp³-hybridized carbons (Fsp3) is 0.409. The molecule has 0 radical (unpaired) electrons. The molecule has 1 saturated heterocycles. The molecule has 0 bridgehead atoms. The number of rotatable bonds is 5. The quantitative estimate of drug-likeness (QED) is 0.806. The second kappa shape index (κ2) is 7.88. The van der Waals surface area contributed by atoms with Gasteiger partial charge in [0.15, 0.2) is 0 Å². The van der Waals surface area contributed by atoms with Gasteiger partial charge in [0.2, 0.25) is 10.0 Å². The van der Waals surface area contributed by atoms with Gasteiger partial charge in [-0.15, -0.1) is 0 Å². The van der Waals surface area contributed by atoms with Crippen LogP contribution in [0.25, 0.3) is 0 Å². The molecule has 0 spiro atoms. The van der Waals surface area contributed by atoms with Crippen LogP contribution >= 0.6 is 0 Å². The summed E-state index contributed by atoms with van der Waals surface area (Å²) in [6.07, 6.45) is 5.22. The lowest BCUT2D eigenvalue weighted by Gasteiger charge is -2.31. The Morgan fingerprint density at radius 2 is 1.62 bits per heavy atom. The lowest BCUT2D eigenvalue weighted by atomic mass is 9.87. The minimum absolute atomic E-state index is 0.148. The Morgan fingerprint density at radius 1 is 0.966 bits per heavy atom. The van der Waals surface area contributed by atoms with E-state index in [0.717, 1.165) is 44.1 Å². The van der Waals surface area contributed by atoms with E-state index >= 15 is 0 Å².